The topological polar surface area (TPSA) is 54.2 Å². The lowest BCUT2D eigenvalue weighted by atomic mass is 10.1. The van der Waals surface area contributed by atoms with Gasteiger partial charge in [0.2, 0.25) is 0 Å². The SMILES string of the molecule is CN=C(NCCc1cccc(F)c1)NCc1cccc(Cn2cccn2)c1. The molecule has 0 aliphatic carbocycles. The van der Waals surface area contributed by atoms with E-state index in [9.17, 15) is 4.39 Å². The van der Waals surface area contributed by atoms with E-state index in [-0.39, 0.29) is 5.82 Å². The summed E-state index contributed by atoms with van der Waals surface area (Å²) >= 11 is 0. The summed E-state index contributed by atoms with van der Waals surface area (Å²) in [5, 5.41) is 10.8. The highest BCUT2D eigenvalue weighted by Gasteiger charge is 2.02. The smallest absolute Gasteiger partial charge is 0.191 e. The first-order chi connectivity index (χ1) is 13.2. The Labute approximate surface area is 159 Å². The van der Waals surface area contributed by atoms with Crippen LogP contribution in [0.1, 0.15) is 16.7 Å². The zero-order chi connectivity index (χ0) is 18.9. The molecule has 0 aliphatic rings. The van der Waals surface area contributed by atoms with Crippen LogP contribution in [0.15, 0.2) is 72.0 Å². The Kier molecular flexibility index (Phi) is 6.57. The van der Waals surface area contributed by atoms with Gasteiger partial charge in [-0.1, -0.05) is 36.4 Å². The van der Waals surface area contributed by atoms with Crippen LogP contribution in [0.2, 0.25) is 0 Å². The van der Waals surface area contributed by atoms with Crippen molar-refractivity contribution in [3.8, 4) is 0 Å². The molecule has 5 nitrogen and oxygen atoms in total. The minimum absolute atomic E-state index is 0.204. The van der Waals surface area contributed by atoms with Crippen molar-refractivity contribution < 1.29 is 4.39 Å². The first kappa shape index (κ1) is 18.6. The van der Waals surface area contributed by atoms with E-state index in [0.29, 0.717) is 13.1 Å². The molecule has 0 atom stereocenters. The van der Waals surface area contributed by atoms with Crippen LogP contribution in [0, 0.1) is 5.82 Å². The number of hydrogen-bond acceptors (Lipinski definition) is 2. The van der Waals surface area contributed by atoms with Crippen LogP contribution in [0.3, 0.4) is 0 Å². The zero-order valence-electron chi connectivity index (χ0n) is 15.4. The van der Waals surface area contributed by atoms with E-state index in [2.05, 4.69) is 45.0 Å². The summed E-state index contributed by atoms with van der Waals surface area (Å²) in [6.45, 7) is 2.11. The summed E-state index contributed by atoms with van der Waals surface area (Å²) in [6.07, 6.45) is 4.47. The highest BCUT2D eigenvalue weighted by Crippen LogP contribution is 2.07. The molecule has 0 bridgehead atoms. The second kappa shape index (κ2) is 9.52. The molecule has 140 valence electrons. The van der Waals surface area contributed by atoms with Gasteiger partial charge in [0, 0.05) is 32.5 Å². The highest BCUT2D eigenvalue weighted by molar-refractivity contribution is 5.79. The van der Waals surface area contributed by atoms with Gasteiger partial charge in [0.25, 0.3) is 0 Å². The third kappa shape index (κ3) is 5.95. The molecule has 6 heteroatoms. The summed E-state index contributed by atoms with van der Waals surface area (Å²) in [7, 11) is 1.74. The van der Waals surface area contributed by atoms with Crippen molar-refractivity contribution in [3.63, 3.8) is 0 Å². The van der Waals surface area contributed by atoms with Gasteiger partial charge in [0.05, 0.1) is 6.54 Å². The maximum Gasteiger partial charge on any atom is 0.191 e. The second-order valence-corrected chi connectivity index (χ2v) is 6.26. The Balaban J connectivity index is 1.47. The van der Waals surface area contributed by atoms with Gasteiger partial charge in [-0.2, -0.15) is 5.10 Å². The largest absolute Gasteiger partial charge is 0.356 e. The molecule has 1 heterocycles. The van der Waals surface area contributed by atoms with E-state index in [1.165, 1.54) is 17.2 Å². The molecule has 0 aliphatic heterocycles. The van der Waals surface area contributed by atoms with Gasteiger partial charge in [-0.25, -0.2) is 4.39 Å². The Morgan fingerprint density at radius 2 is 1.85 bits per heavy atom. The second-order valence-electron chi connectivity index (χ2n) is 6.26. The van der Waals surface area contributed by atoms with E-state index < -0.39 is 0 Å². The molecular weight excluding hydrogens is 341 g/mol. The van der Waals surface area contributed by atoms with Crippen LogP contribution in [-0.2, 0) is 19.5 Å². The van der Waals surface area contributed by atoms with Crippen molar-refractivity contribution in [3.05, 3.63) is 89.5 Å². The lowest BCUT2D eigenvalue weighted by Gasteiger charge is -2.13. The van der Waals surface area contributed by atoms with Crippen LogP contribution >= 0.6 is 0 Å². The number of guanidine groups is 1. The third-order valence-corrected chi connectivity index (χ3v) is 4.17. The maximum atomic E-state index is 13.2. The number of halogens is 1. The number of nitrogens with one attached hydrogen (secondary N) is 2. The average Bonchev–Trinajstić information content (AvgIpc) is 3.18. The fourth-order valence-electron chi connectivity index (χ4n) is 2.84. The van der Waals surface area contributed by atoms with Gasteiger partial charge in [0.1, 0.15) is 5.82 Å². The van der Waals surface area contributed by atoms with E-state index in [1.54, 1.807) is 25.4 Å². The molecule has 3 aromatic rings. The quantitative estimate of drug-likeness (QED) is 0.500. The first-order valence-electron chi connectivity index (χ1n) is 8.97. The number of aliphatic imine (C=N–C) groups is 1. The lowest BCUT2D eigenvalue weighted by Crippen LogP contribution is -2.37. The number of rotatable bonds is 7. The van der Waals surface area contributed by atoms with Crippen LogP contribution in [0.5, 0.6) is 0 Å². The number of nitrogens with zero attached hydrogens (tertiary/aromatic N) is 3. The monoisotopic (exact) mass is 365 g/mol. The highest BCUT2D eigenvalue weighted by atomic mass is 19.1. The van der Waals surface area contributed by atoms with Gasteiger partial charge in [-0.15, -0.1) is 0 Å². The van der Waals surface area contributed by atoms with Gasteiger partial charge >= 0.3 is 0 Å². The molecule has 0 spiro atoms. The van der Waals surface area contributed by atoms with Gasteiger partial charge in [-0.05, 0) is 41.3 Å². The zero-order valence-corrected chi connectivity index (χ0v) is 15.4. The summed E-state index contributed by atoms with van der Waals surface area (Å²) in [4.78, 5) is 4.24. The summed E-state index contributed by atoms with van der Waals surface area (Å²) in [6, 6.07) is 17.0. The number of benzene rings is 2. The van der Waals surface area contributed by atoms with Crippen molar-refractivity contribution in [2.75, 3.05) is 13.6 Å². The summed E-state index contributed by atoms with van der Waals surface area (Å²) < 4.78 is 15.1. The number of aromatic nitrogens is 2. The molecule has 0 radical (unpaired) electrons. The van der Waals surface area contributed by atoms with Crippen molar-refractivity contribution >= 4 is 5.96 Å². The normalized spacial score (nSPS) is 11.4. The van der Waals surface area contributed by atoms with Gasteiger partial charge in [-0.3, -0.25) is 9.67 Å². The van der Waals surface area contributed by atoms with E-state index in [4.69, 9.17) is 0 Å². The molecule has 0 fully saturated rings. The number of hydrogen-bond donors (Lipinski definition) is 2. The fraction of sp³-hybridized carbons (Fsp3) is 0.238. The average molecular weight is 365 g/mol. The van der Waals surface area contributed by atoms with Crippen molar-refractivity contribution in [2.45, 2.75) is 19.5 Å². The Morgan fingerprint density at radius 1 is 1.04 bits per heavy atom. The van der Waals surface area contributed by atoms with E-state index in [0.717, 1.165) is 24.5 Å². The van der Waals surface area contributed by atoms with Crippen LogP contribution in [0.25, 0.3) is 0 Å². The standard InChI is InChI=1S/C21H24FN5/c1-23-21(24-11-9-17-5-3-8-20(22)14-17)25-15-18-6-2-7-19(13-18)16-27-12-4-10-26-27/h2-8,10,12-14H,9,11,15-16H2,1H3,(H2,23,24,25). The van der Waals surface area contributed by atoms with Gasteiger partial charge < -0.3 is 10.6 Å². The maximum absolute atomic E-state index is 13.2. The Morgan fingerprint density at radius 3 is 2.63 bits per heavy atom. The van der Waals surface area contributed by atoms with E-state index >= 15 is 0 Å². The van der Waals surface area contributed by atoms with Crippen LogP contribution in [0.4, 0.5) is 4.39 Å². The minimum Gasteiger partial charge on any atom is -0.356 e. The van der Waals surface area contributed by atoms with Crippen LogP contribution in [-0.4, -0.2) is 29.3 Å². The Hall–Kier alpha value is -3.15. The lowest BCUT2D eigenvalue weighted by molar-refractivity contribution is 0.625. The molecule has 2 N–H and O–H groups in total. The fourth-order valence-corrected chi connectivity index (χ4v) is 2.84. The summed E-state index contributed by atoms with van der Waals surface area (Å²) in [5.74, 6) is 0.522. The van der Waals surface area contributed by atoms with Crippen molar-refractivity contribution in [1.29, 1.82) is 0 Å². The molecule has 0 unspecified atom stereocenters. The molecule has 27 heavy (non-hydrogen) atoms. The van der Waals surface area contributed by atoms with Gasteiger partial charge in [0.15, 0.2) is 5.96 Å². The van der Waals surface area contributed by atoms with Crippen LogP contribution < -0.4 is 10.6 Å². The first-order valence-corrected chi connectivity index (χ1v) is 8.97. The molecule has 0 amide bonds. The van der Waals surface area contributed by atoms with E-state index in [1.807, 2.05) is 23.0 Å². The molecule has 1 aromatic heterocycles. The molecule has 3 rings (SSSR count). The Bertz CT molecular complexity index is 874. The third-order valence-electron chi connectivity index (χ3n) is 4.17. The molecule has 2 aromatic carbocycles. The molecular formula is C21H24FN5. The molecule has 0 saturated heterocycles. The minimum atomic E-state index is -0.204. The summed E-state index contributed by atoms with van der Waals surface area (Å²) in [5.41, 5.74) is 3.34. The molecule has 0 saturated carbocycles. The van der Waals surface area contributed by atoms with Crippen molar-refractivity contribution in [1.82, 2.24) is 20.4 Å². The predicted molar refractivity (Wildman–Crippen MR) is 106 cm³/mol. The van der Waals surface area contributed by atoms with Crippen molar-refractivity contribution in [2.24, 2.45) is 4.99 Å². The predicted octanol–water partition coefficient (Wildman–Crippen LogP) is 2.98.